The zero-order chi connectivity index (χ0) is 19.2. The van der Waals surface area contributed by atoms with Crippen LogP contribution >= 0.6 is 23.5 Å². The van der Waals surface area contributed by atoms with Crippen molar-refractivity contribution in [2.75, 3.05) is 12.4 Å². The Bertz CT molecular complexity index is 605. The first-order chi connectivity index (χ1) is 11.4. The highest BCUT2D eigenvalue weighted by molar-refractivity contribution is 8.22. The van der Waals surface area contributed by atoms with E-state index in [2.05, 4.69) is 33.9 Å². The van der Waals surface area contributed by atoms with Crippen molar-refractivity contribution in [3.05, 3.63) is 9.93 Å². The average Bonchev–Trinajstić information content (AvgIpc) is 2.77. The highest BCUT2D eigenvalue weighted by Gasteiger charge is 2.59. The molecule has 2 heterocycles. The van der Waals surface area contributed by atoms with Crippen LogP contribution in [0.25, 0.3) is 0 Å². The molecule has 9 heteroatoms. The topological polar surface area (TPSA) is 66.8 Å². The lowest BCUT2D eigenvalue weighted by Crippen LogP contribution is -2.62. The van der Waals surface area contributed by atoms with Crippen molar-refractivity contribution in [3.63, 3.8) is 0 Å². The Balaban J connectivity index is 2.14. The summed E-state index contributed by atoms with van der Waals surface area (Å²) in [4.78, 5) is 25.5. The SMILES string of the molecule is C[C@H](O[Si](C)(C)C(C)(C)C)[C@@H]1C(=O)N2C(C(=O)O)=C(SCCF)S[C@H]12. The van der Waals surface area contributed by atoms with Gasteiger partial charge >= 0.3 is 5.97 Å². The molecule has 0 unspecified atom stereocenters. The highest BCUT2D eigenvalue weighted by Crippen LogP contribution is 2.54. The lowest BCUT2D eigenvalue weighted by molar-refractivity contribution is -0.156. The summed E-state index contributed by atoms with van der Waals surface area (Å²) in [7, 11) is -2.03. The number of hydrogen-bond donors (Lipinski definition) is 1. The molecule has 2 aliphatic heterocycles. The van der Waals surface area contributed by atoms with Crippen LogP contribution in [-0.4, -0.2) is 54.1 Å². The van der Waals surface area contributed by atoms with E-state index in [-0.39, 0.29) is 39.8 Å². The van der Waals surface area contributed by atoms with Crippen LogP contribution in [0.1, 0.15) is 27.7 Å². The number of amides is 1. The normalized spacial score (nSPS) is 25.1. The van der Waals surface area contributed by atoms with Gasteiger partial charge in [0.15, 0.2) is 14.0 Å². The van der Waals surface area contributed by atoms with Gasteiger partial charge in [-0.05, 0) is 25.1 Å². The molecule has 1 amide bonds. The second-order valence-corrected chi connectivity index (χ2v) is 15.1. The molecule has 0 saturated carbocycles. The number of fused-ring (bicyclic) bond motifs is 1. The van der Waals surface area contributed by atoms with Crippen molar-refractivity contribution in [2.24, 2.45) is 5.92 Å². The number of β-lactam (4-membered cyclic amide) rings is 1. The maximum Gasteiger partial charge on any atom is 0.354 e. The van der Waals surface area contributed by atoms with Crippen LogP contribution < -0.4 is 0 Å². The van der Waals surface area contributed by atoms with Crippen molar-refractivity contribution in [1.29, 1.82) is 0 Å². The number of carboxylic acid groups (broad SMARTS) is 1. The second-order valence-electron chi connectivity index (χ2n) is 7.80. The fourth-order valence-electron chi connectivity index (χ4n) is 2.69. The Morgan fingerprint density at radius 3 is 2.56 bits per heavy atom. The summed E-state index contributed by atoms with van der Waals surface area (Å²) in [6.45, 7) is 12.1. The Morgan fingerprint density at radius 1 is 1.48 bits per heavy atom. The molecule has 3 atom stereocenters. The van der Waals surface area contributed by atoms with E-state index < -0.39 is 21.0 Å². The smallest absolute Gasteiger partial charge is 0.354 e. The molecule has 0 aliphatic carbocycles. The molecular formula is C16H26FNO4S2Si. The first-order valence-electron chi connectivity index (χ1n) is 8.26. The number of halogens is 1. The predicted molar refractivity (Wildman–Crippen MR) is 103 cm³/mol. The maximum absolute atomic E-state index is 12.6. The minimum absolute atomic E-state index is 0.00535. The van der Waals surface area contributed by atoms with Crippen molar-refractivity contribution < 1.29 is 23.5 Å². The summed E-state index contributed by atoms with van der Waals surface area (Å²) in [6.07, 6.45) is -0.275. The van der Waals surface area contributed by atoms with Crippen LogP contribution in [0.3, 0.4) is 0 Å². The molecular weight excluding hydrogens is 381 g/mol. The zero-order valence-electron chi connectivity index (χ0n) is 15.5. The molecule has 0 aromatic rings. The minimum atomic E-state index is -2.03. The Morgan fingerprint density at radius 2 is 2.08 bits per heavy atom. The molecule has 1 saturated heterocycles. The molecule has 142 valence electrons. The van der Waals surface area contributed by atoms with Gasteiger partial charge in [-0.15, -0.1) is 11.8 Å². The van der Waals surface area contributed by atoms with Gasteiger partial charge in [-0.2, -0.15) is 0 Å². The van der Waals surface area contributed by atoms with Crippen molar-refractivity contribution in [2.45, 2.75) is 57.3 Å². The van der Waals surface area contributed by atoms with Gasteiger partial charge in [-0.1, -0.05) is 32.5 Å². The fourth-order valence-corrected chi connectivity index (χ4v) is 6.83. The minimum Gasteiger partial charge on any atom is -0.477 e. The number of rotatable bonds is 7. The van der Waals surface area contributed by atoms with Gasteiger partial charge in [0.25, 0.3) is 0 Å². The van der Waals surface area contributed by atoms with E-state index in [4.69, 9.17) is 4.43 Å². The summed E-state index contributed by atoms with van der Waals surface area (Å²) in [5, 5.41) is 9.21. The quantitative estimate of drug-likeness (QED) is 0.510. The molecule has 25 heavy (non-hydrogen) atoms. The third kappa shape index (κ3) is 3.79. The van der Waals surface area contributed by atoms with E-state index >= 15 is 0 Å². The fraction of sp³-hybridized carbons (Fsp3) is 0.750. The first kappa shape index (κ1) is 20.8. The summed E-state index contributed by atoms with van der Waals surface area (Å²) in [6, 6.07) is 0. The molecule has 0 spiro atoms. The maximum atomic E-state index is 12.6. The van der Waals surface area contributed by atoms with Gasteiger partial charge < -0.3 is 9.53 Å². The lowest BCUT2D eigenvalue weighted by atomic mass is 9.92. The van der Waals surface area contributed by atoms with E-state index in [9.17, 15) is 19.1 Å². The number of hydrogen-bond acceptors (Lipinski definition) is 5. The summed E-state index contributed by atoms with van der Waals surface area (Å²) in [5.41, 5.74) is -0.00535. The molecule has 5 nitrogen and oxygen atoms in total. The van der Waals surface area contributed by atoms with Crippen LogP contribution in [-0.2, 0) is 14.0 Å². The van der Waals surface area contributed by atoms with Gasteiger partial charge in [0.2, 0.25) is 5.91 Å². The number of aliphatic carboxylic acids is 1. The van der Waals surface area contributed by atoms with E-state index in [1.54, 1.807) is 0 Å². The molecule has 0 bridgehead atoms. The summed E-state index contributed by atoms with van der Waals surface area (Å²) in [5.74, 6) is -1.52. The molecule has 1 fully saturated rings. The summed E-state index contributed by atoms with van der Waals surface area (Å²) >= 11 is 2.51. The average molecular weight is 408 g/mol. The van der Waals surface area contributed by atoms with E-state index in [1.165, 1.54) is 16.7 Å². The van der Waals surface area contributed by atoms with Crippen LogP contribution in [0.5, 0.6) is 0 Å². The van der Waals surface area contributed by atoms with Crippen molar-refractivity contribution in [1.82, 2.24) is 4.90 Å². The number of carbonyl (C=O) groups is 2. The van der Waals surface area contributed by atoms with E-state index in [1.807, 2.05) is 6.92 Å². The number of nitrogens with zero attached hydrogens (tertiary/aromatic N) is 1. The third-order valence-electron chi connectivity index (χ3n) is 5.05. The first-order valence-corrected chi connectivity index (χ1v) is 13.0. The molecule has 0 aromatic carbocycles. The third-order valence-corrected chi connectivity index (χ3v) is 12.2. The molecule has 2 aliphatic rings. The molecule has 0 aromatic heterocycles. The monoisotopic (exact) mass is 407 g/mol. The van der Waals surface area contributed by atoms with Gasteiger partial charge in [0.1, 0.15) is 5.37 Å². The number of alkyl halides is 1. The van der Waals surface area contributed by atoms with Crippen LogP contribution in [0.15, 0.2) is 9.93 Å². The second kappa shape index (κ2) is 7.25. The number of thioether (sulfide) groups is 2. The molecule has 0 radical (unpaired) electrons. The van der Waals surface area contributed by atoms with Crippen LogP contribution in [0.4, 0.5) is 4.39 Å². The summed E-state index contributed by atoms with van der Waals surface area (Å²) < 4.78 is 19.3. The largest absolute Gasteiger partial charge is 0.477 e. The lowest BCUT2D eigenvalue weighted by Gasteiger charge is -2.48. The van der Waals surface area contributed by atoms with Gasteiger partial charge in [-0.25, -0.2) is 4.79 Å². The van der Waals surface area contributed by atoms with Crippen molar-refractivity contribution in [3.8, 4) is 0 Å². The number of carbonyl (C=O) groups excluding carboxylic acids is 1. The van der Waals surface area contributed by atoms with E-state index in [0.717, 1.165) is 11.8 Å². The Hall–Kier alpha value is -0.513. The van der Waals surface area contributed by atoms with E-state index in [0.29, 0.717) is 4.24 Å². The highest BCUT2D eigenvalue weighted by atomic mass is 32.2. The van der Waals surface area contributed by atoms with Gasteiger partial charge in [-0.3, -0.25) is 14.1 Å². The van der Waals surface area contributed by atoms with Crippen LogP contribution in [0, 0.1) is 5.92 Å². The Labute approximate surface area is 157 Å². The van der Waals surface area contributed by atoms with Gasteiger partial charge in [0, 0.05) is 5.75 Å². The molecule has 2 rings (SSSR count). The zero-order valence-corrected chi connectivity index (χ0v) is 18.1. The number of carboxylic acids is 1. The van der Waals surface area contributed by atoms with Crippen LogP contribution in [0.2, 0.25) is 18.1 Å². The Kier molecular flexibility index (Phi) is 6.03. The predicted octanol–water partition coefficient (Wildman–Crippen LogP) is 3.88. The van der Waals surface area contributed by atoms with Gasteiger partial charge in [0.05, 0.1) is 22.9 Å². The standard InChI is InChI=1S/C16H26FNO4S2Si/c1-9(22-25(5,6)16(2,3)4)10-12(19)18-11(14(20)21)15(23-8-7-17)24-13(10)18/h9-10,13H,7-8H2,1-6H3,(H,20,21)/t9-,10+,13+/m0/s1. The molecule has 1 N–H and O–H groups in total. The van der Waals surface area contributed by atoms with Crippen molar-refractivity contribution >= 4 is 43.7 Å².